The maximum Gasteiger partial charge on any atom is 0.191 e. The summed E-state index contributed by atoms with van der Waals surface area (Å²) in [5.74, 6) is 1.46. The van der Waals surface area contributed by atoms with Crippen molar-refractivity contribution in [2.45, 2.75) is 33.7 Å². The third kappa shape index (κ3) is 5.42. The molecule has 6 heteroatoms. The van der Waals surface area contributed by atoms with Crippen molar-refractivity contribution in [3.8, 4) is 0 Å². The molecule has 1 atom stereocenters. The zero-order valence-corrected chi connectivity index (χ0v) is 15.1. The quantitative estimate of drug-likeness (QED) is 0.601. The van der Waals surface area contributed by atoms with Crippen molar-refractivity contribution in [3.05, 3.63) is 38.5 Å². The third-order valence-electron chi connectivity index (χ3n) is 3.32. The first-order valence-corrected chi connectivity index (χ1v) is 9.38. The van der Waals surface area contributed by atoms with Crippen molar-refractivity contribution in [1.82, 2.24) is 15.6 Å². The van der Waals surface area contributed by atoms with Crippen LogP contribution in [0.3, 0.4) is 0 Å². The van der Waals surface area contributed by atoms with E-state index in [2.05, 4.69) is 52.0 Å². The van der Waals surface area contributed by atoms with E-state index in [0.717, 1.165) is 31.2 Å². The van der Waals surface area contributed by atoms with Gasteiger partial charge in [0.1, 0.15) is 0 Å². The van der Waals surface area contributed by atoms with Gasteiger partial charge in [-0.25, -0.2) is 9.98 Å². The van der Waals surface area contributed by atoms with Gasteiger partial charge in [-0.2, -0.15) is 0 Å². The van der Waals surface area contributed by atoms with E-state index in [1.165, 1.54) is 9.75 Å². The van der Waals surface area contributed by atoms with Gasteiger partial charge in [-0.15, -0.1) is 22.7 Å². The predicted molar refractivity (Wildman–Crippen MR) is 96.9 cm³/mol. The number of hydrogen-bond donors (Lipinski definition) is 2. The van der Waals surface area contributed by atoms with Gasteiger partial charge in [0, 0.05) is 22.8 Å². The second kappa shape index (κ2) is 8.90. The van der Waals surface area contributed by atoms with Gasteiger partial charge in [0.25, 0.3) is 0 Å². The van der Waals surface area contributed by atoms with Crippen LogP contribution in [0.5, 0.6) is 0 Å². The van der Waals surface area contributed by atoms with Crippen molar-refractivity contribution < 1.29 is 0 Å². The molecular weight excluding hydrogens is 312 g/mol. The van der Waals surface area contributed by atoms with Crippen LogP contribution in [-0.2, 0) is 13.0 Å². The molecule has 0 saturated carbocycles. The minimum Gasteiger partial charge on any atom is -0.357 e. The molecule has 2 aromatic heterocycles. The highest BCUT2D eigenvalue weighted by Gasteiger charge is 2.07. The Kier molecular flexibility index (Phi) is 6.86. The molecule has 0 radical (unpaired) electrons. The van der Waals surface area contributed by atoms with E-state index in [1.54, 1.807) is 11.3 Å². The van der Waals surface area contributed by atoms with Gasteiger partial charge < -0.3 is 10.6 Å². The normalized spacial score (nSPS) is 13.1. The minimum absolute atomic E-state index is 0.577. The summed E-state index contributed by atoms with van der Waals surface area (Å²) >= 11 is 3.49. The van der Waals surface area contributed by atoms with Crippen LogP contribution in [0.1, 0.15) is 29.3 Å². The molecule has 0 bridgehead atoms. The lowest BCUT2D eigenvalue weighted by Gasteiger charge is -2.15. The van der Waals surface area contributed by atoms with Crippen LogP contribution < -0.4 is 10.6 Å². The molecule has 120 valence electrons. The standard InChI is InChI=1S/C16H24N4S2/c1-4-17-16(19-10-15-13(3)20-11-22-15)18-9-12(2)8-14-6-5-7-21-14/h5-7,11-12H,4,8-10H2,1-3H3,(H2,17,18,19). The van der Waals surface area contributed by atoms with Crippen LogP contribution in [0.2, 0.25) is 0 Å². The van der Waals surface area contributed by atoms with E-state index < -0.39 is 0 Å². The van der Waals surface area contributed by atoms with Crippen LogP contribution in [0, 0.1) is 12.8 Å². The van der Waals surface area contributed by atoms with Crippen molar-refractivity contribution in [3.63, 3.8) is 0 Å². The average molecular weight is 337 g/mol. The van der Waals surface area contributed by atoms with E-state index in [0.29, 0.717) is 12.5 Å². The highest BCUT2D eigenvalue weighted by atomic mass is 32.1. The Morgan fingerprint density at radius 3 is 2.86 bits per heavy atom. The molecule has 2 aromatic rings. The largest absolute Gasteiger partial charge is 0.357 e. The number of nitrogens with zero attached hydrogens (tertiary/aromatic N) is 2. The van der Waals surface area contributed by atoms with Gasteiger partial charge in [-0.05, 0) is 37.6 Å². The van der Waals surface area contributed by atoms with Crippen LogP contribution in [0.15, 0.2) is 28.0 Å². The number of rotatable bonds is 7. The number of nitrogens with one attached hydrogen (secondary N) is 2. The minimum atomic E-state index is 0.577. The first kappa shape index (κ1) is 17.0. The molecule has 4 nitrogen and oxygen atoms in total. The summed E-state index contributed by atoms with van der Waals surface area (Å²) in [6.07, 6.45) is 1.11. The van der Waals surface area contributed by atoms with E-state index in [4.69, 9.17) is 0 Å². The van der Waals surface area contributed by atoms with E-state index in [9.17, 15) is 0 Å². The number of aromatic nitrogens is 1. The predicted octanol–water partition coefficient (Wildman–Crippen LogP) is 3.45. The van der Waals surface area contributed by atoms with Crippen molar-refractivity contribution in [2.75, 3.05) is 13.1 Å². The van der Waals surface area contributed by atoms with Crippen LogP contribution in [-0.4, -0.2) is 24.0 Å². The van der Waals surface area contributed by atoms with Crippen LogP contribution >= 0.6 is 22.7 Å². The number of thiazole rings is 1. The summed E-state index contributed by atoms with van der Waals surface area (Å²) < 4.78 is 0. The molecule has 1 unspecified atom stereocenters. The highest BCUT2D eigenvalue weighted by Crippen LogP contribution is 2.14. The van der Waals surface area contributed by atoms with Gasteiger partial charge in [-0.3, -0.25) is 0 Å². The first-order chi connectivity index (χ1) is 10.7. The number of aryl methyl sites for hydroxylation is 1. The summed E-state index contributed by atoms with van der Waals surface area (Å²) in [7, 11) is 0. The van der Waals surface area contributed by atoms with Gasteiger partial charge in [0.15, 0.2) is 5.96 Å². The lowest BCUT2D eigenvalue weighted by atomic mass is 10.1. The van der Waals surface area contributed by atoms with E-state index >= 15 is 0 Å². The lowest BCUT2D eigenvalue weighted by molar-refractivity contribution is 0.562. The first-order valence-electron chi connectivity index (χ1n) is 7.62. The number of guanidine groups is 1. The Morgan fingerprint density at radius 2 is 2.23 bits per heavy atom. The van der Waals surface area contributed by atoms with Crippen LogP contribution in [0.4, 0.5) is 0 Å². The summed E-state index contributed by atoms with van der Waals surface area (Å²) in [5, 5.41) is 8.88. The topological polar surface area (TPSA) is 49.3 Å². The smallest absolute Gasteiger partial charge is 0.191 e. The molecule has 0 amide bonds. The fourth-order valence-electron chi connectivity index (χ4n) is 2.09. The van der Waals surface area contributed by atoms with Gasteiger partial charge in [0.2, 0.25) is 0 Å². The van der Waals surface area contributed by atoms with Crippen molar-refractivity contribution in [1.29, 1.82) is 0 Å². The monoisotopic (exact) mass is 336 g/mol. The molecule has 0 aliphatic carbocycles. The molecule has 0 aromatic carbocycles. The SMILES string of the molecule is CCNC(=NCc1scnc1C)NCC(C)Cc1cccs1. The van der Waals surface area contributed by atoms with Gasteiger partial charge >= 0.3 is 0 Å². The molecule has 2 N–H and O–H groups in total. The number of aliphatic imine (C=N–C) groups is 1. The van der Waals surface area contributed by atoms with Gasteiger partial charge in [0.05, 0.1) is 17.7 Å². The Balaban J connectivity index is 1.84. The fourth-order valence-corrected chi connectivity index (χ4v) is 3.66. The Labute approximate surface area is 140 Å². The molecule has 2 rings (SSSR count). The summed E-state index contributed by atoms with van der Waals surface area (Å²) in [5.41, 5.74) is 2.96. The Hall–Kier alpha value is -1.40. The maximum atomic E-state index is 4.65. The fraction of sp³-hybridized carbons (Fsp3) is 0.500. The molecule has 0 fully saturated rings. The molecule has 2 heterocycles. The van der Waals surface area contributed by atoms with E-state index in [1.807, 2.05) is 23.8 Å². The van der Waals surface area contributed by atoms with E-state index in [-0.39, 0.29) is 0 Å². The van der Waals surface area contributed by atoms with Crippen molar-refractivity contribution >= 4 is 28.6 Å². The molecular formula is C16H24N4S2. The number of thiophene rings is 1. The molecule has 0 saturated heterocycles. The summed E-state index contributed by atoms with van der Waals surface area (Å²) in [4.78, 5) is 11.6. The molecule has 22 heavy (non-hydrogen) atoms. The summed E-state index contributed by atoms with van der Waals surface area (Å²) in [6.45, 7) is 8.86. The second-order valence-electron chi connectivity index (χ2n) is 5.33. The number of hydrogen-bond acceptors (Lipinski definition) is 4. The van der Waals surface area contributed by atoms with Gasteiger partial charge in [-0.1, -0.05) is 13.0 Å². The molecule has 0 aliphatic rings. The molecule has 0 aliphatic heterocycles. The second-order valence-corrected chi connectivity index (χ2v) is 7.30. The maximum absolute atomic E-state index is 4.65. The average Bonchev–Trinajstić information content (AvgIpc) is 3.14. The van der Waals surface area contributed by atoms with Crippen molar-refractivity contribution in [2.24, 2.45) is 10.9 Å². The lowest BCUT2D eigenvalue weighted by Crippen LogP contribution is -2.39. The molecule has 0 spiro atoms. The van der Waals surface area contributed by atoms with Crippen LogP contribution in [0.25, 0.3) is 0 Å². The Morgan fingerprint density at radius 1 is 1.36 bits per heavy atom. The zero-order valence-electron chi connectivity index (χ0n) is 13.4. The third-order valence-corrected chi connectivity index (χ3v) is 5.14. The zero-order chi connectivity index (χ0) is 15.8. The summed E-state index contributed by atoms with van der Waals surface area (Å²) in [6, 6.07) is 4.32. The highest BCUT2D eigenvalue weighted by molar-refractivity contribution is 7.10. The Bertz CT molecular complexity index is 575.